The third kappa shape index (κ3) is 3.18. The van der Waals surface area contributed by atoms with E-state index in [9.17, 15) is 0 Å². The van der Waals surface area contributed by atoms with E-state index in [0.29, 0.717) is 17.6 Å². The van der Waals surface area contributed by atoms with Crippen molar-refractivity contribution in [2.24, 2.45) is 5.73 Å². The van der Waals surface area contributed by atoms with Crippen molar-refractivity contribution in [2.45, 2.75) is 6.04 Å². The second-order valence-corrected chi connectivity index (χ2v) is 4.11. The standard InChI is InChI=1S/C13H14ClNO3/c1-16-9-2-4-10(5-3-9)17-8-11(15)12-6-7-13(14)18-12/h2-7,11H,8,15H2,1H3. The maximum absolute atomic E-state index is 5.91. The molecule has 0 aliphatic heterocycles. The molecule has 0 saturated carbocycles. The van der Waals surface area contributed by atoms with Crippen molar-refractivity contribution in [3.63, 3.8) is 0 Å². The highest BCUT2D eigenvalue weighted by atomic mass is 35.5. The number of benzene rings is 1. The predicted octanol–water partition coefficient (Wildman–Crippen LogP) is 3.02. The van der Waals surface area contributed by atoms with Crippen LogP contribution in [0.1, 0.15) is 11.8 Å². The van der Waals surface area contributed by atoms with Gasteiger partial charge in [0.15, 0.2) is 5.22 Å². The van der Waals surface area contributed by atoms with E-state index in [2.05, 4.69) is 0 Å². The zero-order valence-corrected chi connectivity index (χ0v) is 10.7. The van der Waals surface area contributed by atoms with Gasteiger partial charge in [-0.1, -0.05) is 0 Å². The van der Waals surface area contributed by atoms with Crippen molar-refractivity contribution in [3.8, 4) is 11.5 Å². The molecule has 2 N–H and O–H groups in total. The average Bonchev–Trinajstić information content (AvgIpc) is 2.83. The maximum Gasteiger partial charge on any atom is 0.193 e. The highest BCUT2D eigenvalue weighted by molar-refractivity contribution is 6.28. The van der Waals surface area contributed by atoms with Gasteiger partial charge in [0.1, 0.15) is 23.9 Å². The van der Waals surface area contributed by atoms with E-state index < -0.39 is 0 Å². The highest BCUT2D eigenvalue weighted by Gasteiger charge is 2.11. The number of ether oxygens (including phenoxy) is 2. The van der Waals surface area contributed by atoms with Crippen molar-refractivity contribution in [2.75, 3.05) is 13.7 Å². The monoisotopic (exact) mass is 267 g/mol. The van der Waals surface area contributed by atoms with Crippen molar-refractivity contribution in [3.05, 3.63) is 47.4 Å². The van der Waals surface area contributed by atoms with E-state index >= 15 is 0 Å². The minimum Gasteiger partial charge on any atom is -0.497 e. The Morgan fingerprint density at radius 3 is 2.39 bits per heavy atom. The smallest absolute Gasteiger partial charge is 0.193 e. The minimum atomic E-state index is -0.348. The Kier molecular flexibility index (Phi) is 4.12. The Morgan fingerprint density at radius 2 is 1.83 bits per heavy atom. The third-order valence-electron chi connectivity index (χ3n) is 2.45. The summed E-state index contributed by atoms with van der Waals surface area (Å²) >= 11 is 5.68. The Hall–Kier alpha value is -1.65. The molecule has 0 bridgehead atoms. The first kappa shape index (κ1) is 12.8. The van der Waals surface area contributed by atoms with Crippen LogP contribution in [0.15, 0.2) is 40.8 Å². The fourth-order valence-corrected chi connectivity index (χ4v) is 1.62. The Morgan fingerprint density at radius 1 is 1.17 bits per heavy atom. The van der Waals surface area contributed by atoms with Crippen molar-refractivity contribution >= 4 is 11.6 Å². The van der Waals surface area contributed by atoms with Crippen LogP contribution in [-0.4, -0.2) is 13.7 Å². The third-order valence-corrected chi connectivity index (χ3v) is 2.65. The number of methoxy groups -OCH3 is 1. The number of hydrogen-bond acceptors (Lipinski definition) is 4. The second-order valence-electron chi connectivity index (χ2n) is 3.73. The molecule has 0 amide bonds. The number of rotatable bonds is 5. The van der Waals surface area contributed by atoms with Gasteiger partial charge in [0, 0.05) is 0 Å². The fraction of sp³-hybridized carbons (Fsp3) is 0.231. The molecule has 1 aromatic carbocycles. The van der Waals surface area contributed by atoms with Crippen LogP contribution in [0.3, 0.4) is 0 Å². The van der Waals surface area contributed by atoms with Gasteiger partial charge >= 0.3 is 0 Å². The lowest BCUT2D eigenvalue weighted by Gasteiger charge is -2.11. The van der Waals surface area contributed by atoms with E-state index in [1.165, 1.54) is 0 Å². The summed E-state index contributed by atoms with van der Waals surface area (Å²) in [4.78, 5) is 0. The van der Waals surface area contributed by atoms with Crippen molar-refractivity contribution in [1.29, 1.82) is 0 Å². The molecule has 1 atom stereocenters. The zero-order valence-electron chi connectivity index (χ0n) is 9.93. The maximum atomic E-state index is 5.91. The van der Waals surface area contributed by atoms with Gasteiger partial charge in [-0.25, -0.2) is 0 Å². The zero-order chi connectivity index (χ0) is 13.0. The summed E-state index contributed by atoms with van der Waals surface area (Å²) in [6.45, 7) is 0.316. The normalized spacial score (nSPS) is 12.2. The lowest BCUT2D eigenvalue weighted by molar-refractivity contribution is 0.272. The molecule has 1 aromatic heterocycles. The fourth-order valence-electron chi connectivity index (χ4n) is 1.47. The SMILES string of the molecule is COc1ccc(OCC(N)c2ccc(Cl)o2)cc1. The van der Waals surface area contributed by atoms with Crippen molar-refractivity contribution < 1.29 is 13.9 Å². The Balaban J connectivity index is 1.90. The van der Waals surface area contributed by atoms with Crippen molar-refractivity contribution in [1.82, 2.24) is 0 Å². The highest BCUT2D eigenvalue weighted by Crippen LogP contribution is 2.21. The topological polar surface area (TPSA) is 57.6 Å². The molecule has 0 fully saturated rings. The molecule has 0 radical (unpaired) electrons. The summed E-state index contributed by atoms with van der Waals surface area (Å²) in [5.41, 5.74) is 5.91. The van der Waals surface area contributed by atoms with E-state index in [4.69, 9.17) is 31.2 Å². The molecule has 0 saturated heterocycles. The minimum absolute atomic E-state index is 0.316. The molecule has 1 heterocycles. The largest absolute Gasteiger partial charge is 0.497 e. The summed E-state index contributed by atoms with van der Waals surface area (Å²) in [6.07, 6.45) is 0. The summed E-state index contributed by atoms with van der Waals surface area (Å²) in [7, 11) is 1.62. The Bertz CT molecular complexity index is 495. The predicted molar refractivity (Wildman–Crippen MR) is 69.1 cm³/mol. The molecular weight excluding hydrogens is 254 g/mol. The molecule has 2 rings (SSSR count). The first-order chi connectivity index (χ1) is 8.69. The Labute approximate surface area is 110 Å². The van der Waals surface area contributed by atoms with Crippen LogP contribution in [0.4, 0.5) is 0 Å². The molecule has 0 aliphatic rings. The van der Waals surface area contributed by atoms with Gasteiger partial charge in [0.25, 0.3) is 0 Å². The molecule has 2 aromatic rings. The van der Waals surface area contributed by atoms with Gasteiger partial charge < -0.3 is 19.6 Å². The summed E-state index contributed by atoms with van der Waals surface area (Å²) < 4.78 is 15.8. The molecule has 18 heavy (non-hydrogen) atoms. The second kappa shape index (κ2) is 5.80. The number of nitrogens with two attached hydrogens (primary N) is 1. The van der Waals surface area contributed by atoms with Crippen LogP contribution in [0, 0.1) is 0 Å². The van der Waals surface area contributed by atoms with Crippen LogP contribution in [0.2, 0.25) is 5.22 Å². The van der Waals surface area contributed by atoms with Crippen LogP contribution in [0.5, 0.6) is 11.5 Å². The molecule has 96 valence electrons. The summed E-state index contributed by atoms with van der Waals surface area (Å²) in [6, 6.07) is 10.3. The van der Waals surface area contributed by atoms with E-state index in [1.54, 1.807) is 19.2 Å². The molecule has 0 aliphatic carbocycles. The first-order valence-corrected chi connectivity index (χ1v) is 5.84. The molecule has 4 nitrogen and oxygen atoms in total. The quantitative estimate of drug-likeness (QED) is 0.905. The van der Waals surface area contributed by atoms with Crippen LogP contribution >= 0.6 is 11.6 Å². The summed E-state index contributed by atoms with van der Waals surface area (Å²) in [5, 5.41) is 0.324. The lowest BCUT2D eigenvalue weighted by Crippen LogP contribution is -2.18. The van der Waals surface area contributed by atoms with Crippen LogP contribution in [-0.2, 0) is 0 Å². The lowest BCUT2D eigenvalue weighted by atomic mass is 10.2. The van der Waals surface area contributed by atoms with Gasteiger partial charge in [-0.15, -0.1) is 0 Å². The number of hydrogen-bond donors (Lipinski definition) is 1. The van der Waals surface area contributed by atoms with Gasteiger partial charge in [-0.2, -0.15) is 0 Å². The number of furan rings is 1. The molecule has 1 unspecified atom stereocenters. The van der Waals surface area contributed by atoms with E-state index in [-0.39, 0.29) is 6.04 Å². The molecule has 5 heteroatoms. The van der Waals surface area contributed by atoms with E-state index in [1.807, 2.05) is 24.3 Å². The van der Waals surface area contributed by atoms with Gasteiger partial charge in [-0.05, 0) is 48.0 Å². The first-order valence-electron chi connectivity index (χ1n) is 5.46. The summed E-state index contributed by atoms with van der Waals surface area (Å²) in [5.74, 6) is 2.11. The van der Waals surface area contributed by atoms with Gasteiger partial charge in [-0.3, -0.25) is 0 Å². The van der Waals surface area contributed by atoms with E-state index in [0.717, 1.165) is 11.5 Å². The van der Waals surface area contributed by atoms with Gasteiger partial charge in [0.05, 0.1) is 13.2 Å². The number of halogens is 1. The van der Waals surface area contributed by atoms with Gasteiger partial charge in [0.2, 0.25) is 0 Å². The van der Waals surface area contributed by atoms with Crippen LogP contribution in [0.25, 0.3) is 0 Å². The molecule has 0 spiro atoms. The average molecular weight is 268 g/mol. The van der Waals surface area contributed by atoms with Crippen LogP contribution < -0.4 is 15.2 Å². The molecular formula is C13H14ClNO3.